The summed E-state index contributed by atoms with van der Waals surface area (Å²) in [6.45, 7) is 8.45. The van der Waals surface area contributed by atoms with Crippen LogP contribution in [-0.4, -0.2) is 78.7 Å². The van der Waals surface area contributed by atoms with Gasteiger partial charge in [0.15, 0.2) is 23.1 Å². The van der Waals surface area contributed by atoms with E-state index in [2.05, 4.69) is 25.5 Å². The predicted molar refractivity (Wildman–Crippen MR) is 175 cm³/mol. The zero-order valence-electron chi connectivity index (χ0n) is 27.1. The van der Waals surface area contributed by atoms with Crippen molar-refractivity contribution in [3.8, 4) is 23.1 Å². The highest BCUT2D eigenvalue weighted by atomic mass is 19.1. The standard InChI is InChI=1S/C35H39F2N5O6/c1-34(2)20-35(34,32(43)40-23-7-5-22(36)6-8-23)33(44)41-24-9-10-28(26(37)17-24)48-31-25-18-29(45-3)30(19-27(25)38-21-39-31)47-14-4-11-42-12-15-46-16-13-42/h5-10,17-19,21,32,40,43H,4,11-16,20H2,1-3H3,(H,41,44). The van der Waals surface area contributed by atoms with Crippen molar-refractivity contribution in [2.75, 3.05) is 57.2 Å². The monoisotopic (exact) mass is 663 g/mol. The topological polar surface area (TPSA) is 127 Å². The molecule has 2 unspecified atom stereocenters. The van der Waals surface area contributed by atoms with Gasteiger partial charge in [0.2, 0.25) is 11.8 Å². The number of benzene rings is 3. The molecule has 1 saturated heterocycles. The molecule has 1 aromatic heterocycles. The fourth-order valence-electron chi connectivity index (χ4n) is 6.16. The molecule has 1 aliphatic heterocycles. The molecule has 1 saturated carbocycles. The van der Waals surface area contributed by atoms with E-state index in [1.165, 1.54) is 49.8 Å². The summed E-state index contributed by atoms with van der Waals surface area (Å²) < 4.78 is 51.6. The Morgan fingerprint density at radius 2 is 1.75 bits per heavy atom. The Labute approximate surface area is 277 Å². The molecule has 13 heteroatoms. The van der Waals surface area contributed by atoms with Gasteiger partial charge in [-0.15, -0.1) is 0 Å². The van der Waals surface area contributed by atoms with Crippen LogP contribution in [0.3, 0.4) is 0 Å². The number of hydrogen-bond acceptors (Lipinski definition) is 10. The number of rotatable bonds is 13. The first-order valence-corrected chi connectivity index (χ1v) is 15.8. The Morgan fingerprint density at radius 3 is 2.44 bits per heavy atom. The largest absolute Gasteiger partial charge is 0.493 e. The molecule has 3 aromatic carbocycles. The van der Waals surface area contributed by atoms with E-state index in [1.54, 1.807) is 12.1 Å². The number of hydrogen-bond donors (Lipinski definition) is 3. The van der Waals surface area contributed by atoms with Crippen LogP contribution in [0.1, 0.15) is 26.7 Å². The van der Waals surface area contributed by atoms with Crippen molar-refractivity contribution in [3.05, 3.63) is 72.6 Å². The van der Waals surface area contributed by atoms with E-state index in [9.17, 15) is 14.3 Å². The van der Waals surface area contributed by atoms with Gasteiger partial charge < -0.3 is 34.7 Å². The lowest BCUT2D eigenvalue weighted by Crippen LogP contribution is -2.42. The first-order chi connectivity index (χ1) is 23.1. The maximum atomic E-state index is 15.4. The number of nitrogens with zero attached hydrogens (tertiary/aromatic N) is 3. The minimum atomic E-state index is -1.27. The van der Waals surface area contributed by atoms with E-state index < -0.39 is 34.6 Å². The third-order valence-electron chi connectivity index (χ3n) is 9.08. The van der Waals surface area contributed by atoms with Crippen molar-refractivity contribution in [1.82, 2.24) is 14.9 Å². The molecule has 0 spiro atoms. The molecule has 48 heavy (non-hydrogen) atoms. The van der Waals surface area contributed by atoms with Crippen LogP contribution in [0.5, 0.6) is 23.1 Å². The summed E-state index contributed by atoms with van der Waals surface area (Å²) in [6.07, 6.45) is 1.27. The highest BCUT2D eigenvalue weighted by Gasteiger charge is 2.70. The van der Waals surface area contributed by atoms with E-state index in [0.29, 0.717) is 41.1 Å². The number of morpholine rings is 1. The Hall–Kier alpha value is -4.59. The summed E-state index contributed by atoms with van der Waals surface area (Å²) >= 11 is 0. The van der Waals surface area contributed by atoms with E-state index in [0.717, 1.165) is 45.3 Å². The van der Waals surface area contributed by atoms with Gasteiger partial charge in [-0.1, -0.05) is 13.8 Å². The number of nitrogens with one attached hydrogen (secondary N) is 2. The van der Waals surface area contributed by atoms with Gasteiger partial charge in [0, 0.05) is 43.1 Å². The van der Waals surface area contributed by atoms with Gasteiger partial charge >= 0.3 is 0 Å². The molecule has 2 heterocycles. The molecule has 1 aliphatic carbocycles. The zero-order valence-corrected chi connectivity index (χ0v) is 27.1. The van der Waals surface area contributed by atoms with Crippen molar-refractivity contribution in [2.45, 2.75) is 32.9 Å². The van der Waals surface area contributed by atoms with Crippen LogP contribution < -0.4 is 24.8 Å². The molecule has 6 rings (SSSR count). The Balaban J connectivity index is 1.12. The number of halogens is 2. The summed E-state index contributed by atoms with van der Waals surface area (Å²) in [7, 11) is 1.53. The average Bonchev–Trinajstić information content (AvgIpc) is 3.68. The number of ether oxygens (including phenoxy) is 4. The number of amides is 1. The van der Waals surface area contributed by atoms with Crippen LogP contribution in [0.25, 0.3) is 10.9 Å². The number of aliphatic hydroxyl groups is 1. The van der Waals surface area contributed by atoms with E-state index in [-0.39, 0.29) is 17.3 Å². The number of fused-ring (bicyclic) bond motifs is 1. The minimum absolute atomic E-state index is 0.113. The first kappa shape index (κ1) is 33.3. The van der Waals surface area contributed by atoms with Gasteiger partial charge in [-0.2, -0.15) is 0 Å². The third kappa shape index (κ3) is 6.98. The number of aliphatic hydroxyl groups excluding tert-OH is 1. The van der Waals surface area contributed by atoms with E-state index >= 15 is 4.39 Å². The molecule has 1 amide bonds. The second kappa shape index (κ2) is 13.9. The molecule has 3 N–H and O–H groups in total. The lowest BCUT2D eigenvalue weighted by Gasteiger charge is -2.27. The van der Waals surface area contributed by atoms with Crippen LogP contribution in [0, 0.1) is 22.5 Å². The molecule has 4 aromatic rings. The van der Waals surface area contributed by atoms with Crippen LogP contribution >= 0.6 is 0 Å². The summed E-state index contributed by atoms with van der Waals surface area (Å²) in [4.78, 5) is 24.4. The molecule has 0 radical (unpaired) electrons. The highest BCUT2D eigenvalue weighted by Crippen LogP contribution is 2.65. The smallest absolute Gasteiger partial charge is 0.235 e. The zero-order chi connectivity index (χ0) is 33.9. The Morgan fingerprint density at radius 1 is 1.02 bits per heavy atom. The molecule has 2 fully saturated rings. The molecule has 2 atom stereocenters. The van der Waals surface area contributed by atoms with Crippen LogP contribution in [0.15, 0.2) is 60.9 Å². The average molecular weight is 664 g/mol. The van der Waals surface area contributed by atoms with Gasteiger partial charge in [0.1, 0.15) is 18.4 Å². The SMILES string of the molecule is COc1cc2c(Oc3ccc(NC(=O)C4(C(O)Nc5ccc(F)cc5)CC4(C)C)cc3F)ncnc2cc1OCCCN1CCOCC1. The van der Waals surface area contributed by atoms with Gasteiger partial charge in [-0.25, -0.2) is 18.7 Å². The van der Waals surface area contributed by atoms with Crippen molar-refractivity contribution in [1.29, 1.82) is 0 Å². The molecule has 11 nitrogen and oxygen atoms in total. The Bertz CT molecular complexity index is 1770. The van der Waals surface area contributed by atoms with Crippen molar-refractivity contribution >= 4 is 28.2 Å². The highest BCUT2D eigenvalue weighted by molar-refractivity contribution is 5.99. The molecule has 254 valence electrons. The predicted octanol–water partition coefficient (Wildman–Crippen LogP) is 5.60. The second-order valence-electron chi connectivity index (χ2n) is 12.6. The van der Waals surface area contributed by atoms with Crippen molar-refractivity contribution in [3.63, 3.8) is 0 Å². The van der Waals surface area contributed by atoms with E-state index in [4.69, 9.17) is 18.9 Å². The second-order valence-corrected chi connectivity index (χ2v) is 12.6. The minimum Gasteiger partial charge on any atom is -0.493 e. The van der Waals surface area contributed by atoms with Gasteiger partial charge in [0.05, 0.1) is 43.2 Å². The van der Waals surface area contributed by atoms with Crippen LogP contribution in [0.2, 0.25) is 0 Å². The summed E-state index contributed by atoms with van der Waals surface area (Å²) in [5.41, 5.74) is -0.570. The number of anilines is 2. The normalized spacial score (nSPS) is 19.4. The lowest BCUT2D eigenvalue weighted by atomic mass is 9.92. The number of carbonyl (C=O) groups excluding carboxylic acids is 1. The van der Waals surface area contributed by atoms with Crippen molar-refractivity contribution in [2.24, 2.45) is 10.8 Å². The van der Waals surface area contributed by atoms with E-state index in [1.807, 2.05) is 13.8 Å². The molecular formula is C35H39F2N5O6. The number of methoxy groups -OCH3 is 1. The maximum absolute atomic E-state index is 15.4. The Kier molecular flexibility index (Phi) is 9.63. The van der Waals surface area contributed by atoms with Gasteiger partial charge in [-0.3, -0.25) is 9.69 Å². The van der Waals surface area contributed by atoms with Crippen molar-refractivity contribution < 1.29 is 37.6 Å². The molecule has 2 aliphatic rings. The summed E-state index contributed by atoms with van der Waals surface area (Å²) in [5, 5.41) is 17.2. The summed E-state index contributed by atoms with van der Waals surface area (Å²) in [6, 6.07) is 12.9. The molecule has 0 bridgehead atoms. The fraction of sp³-hybridized carbons (Fsp3) is 0.400. The summed E-state index contributed by atoms with van der Waals surface area (Å²) in [5.74, 6) is -0.646. The third-order valence-corrected chi connectivity index (χ3v) is 9.08. The number of carbonyl (C=O) groups is 1. The quantitative estimate of drug-likeness (QED) is 0.123. The maximum Gasteiger partial charge on any atom is 0.235 e. The van der Waals surface area contributed by atoms with Crippen LogP contribution in [-0.2, 0) is 9.53 Å². The first-order valence-electron chi connectivity index (χ1n) is 15.8. The lowest BCUT2D eigenvalue weighted by molar-refractivity contribution is -0.126. The fourth-order valence-corrected chi connectivity index (χ4v) is 6.16. The number of aromatic nitrogens is 2. The van der Waals surface area contributed by atoms with Crippen LogP contribution in [0.4, 0.5) is 20.2 Å². The van der Waals surface area contributed by atoms with Gasteiger partial charge in [-0.05, 0) is 60.7 Å². The van der Waals surface area contributed by atoms with Gasteiger partial charge in [0.25, 0.3) is 0 Å². The molecular weight excluding hydrogens is 624 g/mol.